The maximum atomic E-state index is 13.3. The number of nitrogens with zero attached hydrogens (tertiary/aromatic N) is 3. The second-order valence-corrected chi connectivity index (χ2v) is 8.94. The zero-order chi connectivity index (χ0) is 20.3. The molecule has 148 valence electrons. The molecule has 0 saturated carbocycles. The fourth-order valence-corrected chi connectivity index (χ4v) is 4.97. The SMILES string of the molecule is CCN1CCN(S(=O)(=O)c2cc(C#N)ccc2Oc2cc(C)cc(C)c2)CC1. The van der Waals surface area contributed by atoms with Crippen molar-refractivity contribution in [2.45, 2.75) is 25.7 Å². The van der Waals surface area contributed by atoms with Crippen LogP contribution in [-0.4, -0.2) is 50.3 Å². The lowest BCUT2D eigenvalue weighted by Crippen LogP contribution is -2.48. The number of aryl methyl sites for hydroxylation is 2. The van der Waals surface area contributed by atoms with E-state index in [1.165, 1.54) is 10.4 Å². The van der Waals surface area contributed by atoms with Gasteiger partial charge in [-0.2, -0.15) is 9.57 Å². The Bertz CT molecular complexity index is 984. The van der Waals surface area contributed by atoms with Gasteiger partial charge in [-0.1, -0.05) is 13.0 Å². The largest absolute Gasteiger partial charge is 0.456 e. The lowest BCUT2D eigenvalue weighted by atomic mass is 10.1. The molecule has 1 aliphatic heterocycles. The summed E-state index contributed by atoms with van der Waals surface area (Å²) in [5.41, 5.74) is 2.35. The van der Waals surface area contributed by atoms with Crippen molar-refractivity contribution in [3.05, 3.63) is 53.1 Å². The molecule has 0 radical (unpaired) electrons. The molecule has 0 N–H and O–H groups in total. The number of likely N-dealkylation sites (N-methyl/N-ethyl adjacent to an activating group) is 1. The smallest absolute Gasteiger partial charge is 0.246 e. The van der Waals surface area contributed by atoms with E-state index in [1.807, 2.05) is 38.1 Å². The van der Waals surface area contributed by atoms with Crippen molar-refractivity contribution in [2.75, 3.05) is 32.7 Å². The summed E-state index contributed by atoms with van der Waals surface area (Å²) in [5, 5.41) is 9.25. The number of benzene rings is 2. The van der Waals surface area contributed by atoms with Crippen LogP contribution in [0, 0.1) is 25.2 Å². The highest BCUT2D eigenvalue weighted by molar-refractivity contribution is 7.89. The Balaban J connectivity index is 1.98. The van der Waals surface area contributed by atoms with Crippen molar-refractivity contribution >= 4 is 10.0 Å². The maximum absolute atomic E-state index is 13.3. The van der Waals surface area contributed by atoms with Gasteiger partial charge in [-0.15, -0.1) is 0 Å². The van der Waals surface area contributed by atoms with E-state index < -0.39 is 10.0 Å². The van der Waals surface area contributed by atoms with Crippen molar-refractivity contribution in [3.63, 3.8) is 0 Å². The molecule has 0 spiro atoms. The molecule has 28 heavy (non-hydrogen) atoms. The Hall–Kier alpha value is -2.40. The fraction of sp³-hybridized carbons (Fsp3) is 0.381. The summed E-state index contributed by atoms with van der Waals surface area (Å²) >= 11 is 0. The number of piperazine rings is 1. The predicted octanol–water partition coefficient (Wildman–Crippen LogP) is 3.29. The quantitative estimate of drug-likeness (QED) is 0.771. The summed E-state index contributed by atoms with van der Waals surface area (Å²) < 4.78 is 34.1. The van der Waals surface area contributed by atoms with Crippen molar-refractivity contribution < 1.29 is 13.2 Å². The van der Waals surface area contributed by atoms with Crippen molar-refractivity contribution in [2.24, 2.45) is 0 Å². The molecule has 3 rings (SSSR count). The van der Waals surface area contributed by atoms with Gasteiger partial charge in [0.2, 0.25) is 10.0 Å². The molecule has 0 unspecified atom stereocenters. The van der Waals surface area contributed by atoms with Crippen LogP contribution in [0.1, 0.15) is 23.6 Å². The van der Waals surface area contributed by atoms with E-state index in [2.05, 4.69) is 11.8 Å². The van der Waals surface area contributed by atoms with E-state index in [0.29, 0.717) is 37.5 Å². The number of sulfonamides is 1. The monoisotopic (exact) mass is 399 g/mol. The van der Waals surface area contributed by atoms with Gasteiger partial charge in [0.15, 0.2) is 0 Å². The summed E-state index contributed by atoms with van der Waals surface area (Å²) in [6, 6.07) is 12.3. The lowest BCUT2D eigenvalue weighted by Gasteiger charge is -2.33. The molecule has 0 aliphatic carbocycles. The lowest BCUT2D eigenvalue weighted by molar-refractivity contribution is 0.196. The first kappa shape index (κ1) is 20.3. The fourth-order valence-electron chi connectivity index (χ4n) is 3.41. The van der Waals surface area contributed by atoms with Crippen LogP contribution in [0.4, 0.5) is 0 Å². The minimum Gasteiger partial charge on any atom is -0.456 e. The summed E-state index contributed by atoms with van der Waals surface area (Å²) in [6.45, 7) is 9.13. The van der Waals surface area contributed by atoms with E-state index in [9.17, 15) is 13.7 Å². The number of nitriles is 1. The van der Waals surface area contributed by atoms with Gasteiger partial charge in [0, 0.05) is 26.2 Å². The summed E-state index contributed by atoms with van der Waals surface area (Å²) in [7, 11) is -3.77. The van der Waals surface area contributed by atoms with Crippen LogP contribution in [0.3, 0.4) is 0 Å². The molecule has 1 aliphatic rings. The second kappa shape index (κ2) is 8.31. The van der Waals surface area contributed by atoms with Crippen LogP contribution in [0.25, 0.3) is 0 Å². The minimum atomic E-state index is -3.77. The number of rotatable bonds is 5. The Kier molecular flexibility index (Phi) is 6.04. The third kappa shape index (κ3) is 4.36. The normalized spacial score (nSPS) is 15.9. The second-order valence-electron chi connectivity index (χ2n) is 7.04. The van der Waals surface area contributed by atoms with Crippen LogP contribution in [-0.2, 0) is 10.0 Å². The molecule has 2 aromatic rings. The number of hydrogen-bond donors (Lipinski definition) is 0. The van der Waals surface area contributed by atoms with Crippen LogP contribution >= 0.6 is 0 Å². The van der Waals surface area contributed by atoms with Crippen molar-refractivity contribution in [1.82, 2.24) is 9.21 Å². The first-order valence-electron chi connectivity index (χ1n) is 9.36. The van der Waals surface area contributed by atoms with Gasteiger partial charge in [-0.05, 0) is 61.9 Å². The molecular weight excluding hydrogens is 374 g/mol. The van der Waals surface area contributed by atoms with Crippen LogP contribution < -0.4 is 4.74 Å². The molecule has 7 heteroatoms. The van der Waals surface area contributed by atoms with Gasteiger partial charge in [0.05, 0.1) is 11.6 Å². The Labute approximate surface area is 167 Å². The molecule has 2 aromatic carbocycles. The molecule has 0 amide bonds. The van der Waals surface area contributed by atoms with Crippen LogP contribution in [0.15, 0.2) is 41.3 Å². The topological polar surface area (TPSA) is 73.6 Å². The highest BCUT2D eigenvalue weighted by atomic mass is 32.2. The number of ether oxygens (including phenoxy) is 1. The highest BCUT2D eigenvalue weighted by Crippen LogP contribution is 2.33. The first-order valence-corrected chi connectivity index (χ1v) is 10.8. The molecule has 1 fully saturated rings. The van der Waals surface area contributed by atoms with Gasteiger partial charge >= 0.3 is 0 Å². The van der Waals surface area contributed by atoms with Gasteiger partial charge < -0.3 is 9.64 Å². The van der Waals surface area contributed by atoms with Crippen LogP contribution in [0.2, 0.25) is 0 Å². The van der Waals surface area contributed by atoms with Crippen molar-refractivity contribution in [3.8, 4) is 17.6 Å². The number of hydrogen-bond acceptors (Lipinski definition) is 5. The van der Waals surface area contributed by atoms with Gasteiger partial charge in [-0.25, -0.2) is 8.42 Å². The standard InChI is InChI=1S/C21H25N3O3S/c1-4-23-7-9-24(10-8-23)28(25,26)21-14-18(15-22)5-6-20(21)27-19-12-16(2)11-17(3)13-19/h5-6,11-14H,4,7-10H2,1-3H3. The molecule has 1 saturated heterocycles. The molecule has 1 heterocycles. The average molecular weight is 400 g/mol. The van der Waals surface area contributed by atoms with E-state index in [1.54, 1.807) is 12.1 Å². The van der Waals surface area contributed by atoms with Gasteiger partial charge in [-0.3, -0.25) is 0 Å². The van der Waals surface area contributed by atoms with E-state index in [0.717, 1.165) is 17.7 Å². The molecule has 0 aromatic heterocycles. The van der Waals surface area contributed by atoms with E-state index in [-0.39, 0.29) is 10.6 Å². The molecule has 6 nitrogen and oxygen atoms in total. The summed E-state index contributed by atoms with van der Waals surface area (Å²) in [5.74, 6) is 0.816. The first-order chi connectivity index (χ1) is 13.3. The Morgan fingerprint density at radius 3 is 2.25 bits per heavy atom. The highest BCUT2D eigenvalue weighted by Gasteiger charge is 2.31. The maximum Gasteiger partial charge on any atom is 0.246 e. The zero-order valence-corrected chi connectivity index (χ0v) is 17.3. The van der Waals surface area contributed by atoms with Gasteiger partial charge in [0.1, 0.15) is 16.4 Å². The van der Waals surface area contributed by atoms with E-state index in [4.69, 9.17) is 4.74 Å². The van der Waals surface area contributed by atoms with E-state index >= 15 is 0 Å². The molecule has 0 bridgehead atoms. The minimum absolute atomic E-state index is 0.0376. The molecule has 0 atom stereocenters. The third-order valence-corrected chi connectivity index (χ3v) is 6.81. The Morgan fingerprint density at radius 1 is 1.04 bits per heavy atom. The van der Waals surface area contributed by atoms with Crippen molar-refractivity contribution in [1.29, 1.82) is 5.26 Å². The summed E-state index contributed by atoms with van der Waals surface area (Å²) in [6.07, 6.45) is 0. The zero-order valence-electron chi connectivity index (χ0n) is 16.5. The average Bonchev–Trinajstić information content (AvgIpc) is 2.67. The third-order valence-electron chi connectivity index (χ3n) is 4.89. The predicted molar refractivity (Wildman–Crippen MR) is 108 cm³/mol. The van der Waals surface area contributed by atoms with Crippen LogP contribution in [0.5, 0.6) is 11.5 Å². The van der Waals surface area contributed by atoms with Gasteiger partial charge in [0.25, 0.3) is 0 Å². The molecular formula is C21H25N3O3S. The summed E-state index contributed by atoms with van der Waals surface area (Å²) in [4.78, 5) is 2.25. The Morgan fingerprint density at radius 2 is 1.68 bits per heavy atom.